The van der Waals surface area contributed by atoms with Gasteiger partial charge in [-0.2, -0.15) is 0 Å². The van der Waals surface area contributed by atoms with Crippen molar-refractivity contribution >= 4 is 33.2 Å². The second-order valence-corrected chi connectivity index (χ2v) is 7.66. The Bertz CT molecular complexity index is 1030. The van der Waals surface area contributed by atoms with Crippen molar-refractivity contribution in [2.45, 2.75) is 32.1 Å². The van der Waals surface area contributed by atoms with Crippen LogP contribution in [0.15, 0.2) is 16.9 Å². The summed E-state index contributed by atoms with van der Waals surface area (Å²) in [5.74, 6) is 0.542. The van der Waals surface area contributed by atoms with E-state index in [9.17, 15) is 9.90 Å². The number of phenolic OH excluding ortho intramolecular Hbond substituents is 1. The Kier molecular flexibility index (Phi) is 4.17. The van der Waals surface area contributed by atoms with Gasteiger partial charge in [0.1, 0.15) is 10.7 Å². The molecule has 2 aromatic heterocycles. The fourth-order valence-corrected chi connectivity index (χ4v) is 4.82. The van der Waals surface area contributed by atoms with Crippen LogP contribution in [-0.2, 0) is 12.8 Å². The van der Waals surface area contributed by atoms with Crippen LogP contribution in [0.4, 0.5) is 0 Å². The minimum atomic E-state index is -0.126. The Morgan fingerprint density at radius 1 is 1.28 bits per heavy atom. The van der Waals surface area contributed by atoms with Crippen LogP contribution in [0.5, 0.6) is 11.5 Å². The number of H-pyrrole nitrogens is 1. The molecule has 0 amide bonds. The Labute approximate surface area is 153 Å². The van der Waals surface area contributed by atoms with Crippen molar-refractivity contribution in [1.29, 1.82) is 0 Å². The highest BCUT2D eigenvalue weighted by molar-refractivity contribution is 7.18. The third-order valence-corrected chi connectivity index (χ3v) is 6.07. The molecule has 7 heteroatoms. The molecule has 0 saturated carbocycles. The first-order valence-electron chi connectivity index (χ1n) is 8.20. The molecule has 0 bridgehead atoms. The van der Waals surface area contributed by atoms with E-state index in [0.29, 0.717) is 11.4 Å². The molecule has 5 nitrogen and oxygen atoms in total. The summed E-state index contributed by atoms with van der Waals surface area (Å²) in [4.78, 5) is 22.3. The molecule has 0 spiro atoms. The maximum atomic E-state index is 12.7. The van der Waals surface area contributed by atoms with E-state index in [4.69, 9.17) is 16.3 Å². The average Bonchev–Trinajstić information content (AvgIpc) is 2.79. The van der Waals surface area contributed by atoms with Crippen molar-refractivity contribution in [3.05, 3.63) is 37.9 Å². The lowest BCUT2D eigenvalue weighted by molar-refractivity contribution is 0.374. The standard InChI is InChI=1S/C18H17ClN2O3S/c1-24-12-8-9(7-11(19)15(12)22)16-20-17(23)14-10-5-3-2-4-6-13(10)25-18(14)21-16/h7-8,22H,2-6H2,1H3,(H,20,21,23). The van der Waals surface area contributed by atoms with Gasteiger partial charge in [-0.15, -0.1) is 11.3 Å². The van der Waals surface area contributed by atoms with E-state index in [1.54, 1.807) is 23.5 Å². The highest BCUT2D eigenvalue weighted by Gasteiger charge is 2.20. The fourth-order valence-electron chi connectivity index (χ4n) is 3.34. The van der Waals surface area contributed by atoms with Crippen molar-refractivity contribution in [1.82, 2.24) is 9.97 Å². The molecule has 130 valence electrons. The van der Waals surface area contributed by atoms with Gasteiger partial charge in [-0.3, -0.25) is 4.79 Å². The Morgan fingerprint density at radius 2 is 2.08 bits per heavy atom. The molecule has 0 radical (unpaired) electrons. The highest BCUT2D eigenvalue weighted by atomic mass is 35.5. The molecule has 2 heterocycles. The van der Waals surface area contributed by atoms with Crippen LogP contribution in [0.1, 0.15) is 29.7 Å². The molecule has 2 N–H and O–H groups in total. The lowest BCUT2D eigenvalue weighted by Crippen LogP contribution is -2.10. The van der Waals surface area contributed by atoms with E-state index in [1.165, 1.54) is 24.0 Å². The number of phenols is 1. The largest absolute Gasteiger partial charge is 0.503 e. The number of ether oxygens (including phenoxy) is 1. The summed E-state index contributed by atoms with van der Waals surface area (Å²) in [6, 6.07) is 3.19. The summed E-state index contributed by atoms with van der Waals surface area (Å²) in [6.45, 7) is 0. The third kappa shape index (κ3) is 2.79. The number of rotatable bonds is 2. The average molecular weight is 377 g/mol. The zero-order valence-corrected chi connectivity index (χ0v) is 15.3. The van der Waals surface area contributed by atoms with Crippen LogP contribution in [0.25, 0.3) is 21.6 Å². The predicted octanol–water partition coefficient (Wildman–Crippen LogP) is 4.29. The summed E-state index contributed by atoms with van der Waals surface area (Å²) in [5.41, 5.74) is 1.64. The van der Waals surface area contributed by atoms with Crippen LogP contribution >= 0.6 is 22.9 Å². The molecule has 4 rings (SSSR count). The maximum absolute atomic E-state index is 12.7. The number of nitrogens with one attached hydrogen (secondary N) is 1. The minimum absolute atomic E-state index is 0.123. The number of halogens is 1. The van der Waals surface area contributed by atoms with Gasteiger partial charge >= 0.3 is 0 Å². The van der Waals surface area contributed by atoms with Crippen LogP contribution in [0.3, 0.4) is 0 Å². The number of nitrogens with zero attached hydrogens (tertiary/aromatic N) is 1. The highest BCUT2D eigenvalue weighted by Crippen LogP contribution is 2.38. The number of thiophene rings is 1. The molecule has 0 saturated heterocycles. The van der Waals surface area contributed by atoms with E-state index in [2.05, 4.69) is 9.97 Å². The number of aromatic amines is 1. The van der Waals surface area contributed by atoms with Gasteiger partial charge in [0.2, 0.25) is 0 Å². The molecule has 0 unspecified atom stereocenters. The van der Waals surface area contributed by atoms with Gasteiger partial charge in [-0.05, 0) is 43.4 Å². The van der Waals surface area contributed by atoms with Crippen molar-refractivity contribution < 1.29 is 9.84 Å². The van der Waals surface area contributed by atoms with Crippen molar-refractivity contribution in [2.75, 3.05) is 7.11 Å². The molecule has 0 aliphatic heterocycles. The van der Waals surface area contributed by atoms with Crippen molar-refractivity contribution in [3.63, 3.8) is 0 Å². The second kappa shape index (κ2) is 6.35. The molecular weight excluding hydrogens is 360 g/mol. The third-order valence-electron chi connectivity index (χ3n) is 4.60. The topological polar surface area (TPSA) is 75.2 Å². The number of methoxy groups -OCH3 is 1. The zero-order valence-electron chi connectivity index (χ0n) is 13.7. The van der Waals surface area contributed by atoms with Crippen LogP contribution in [-0.4, -0.2) is 22.2 Å². The Balaban J connectivity index is 1.90. The minimum Gasteiger partial charge on any atom is -0.503 e. The molecule has 1 aliphatic carbocycles. The van der Waals surface area contributed by atoms with Gasteiger partial charge < -0.3 is 14.8 Å². The smallest absolute Gasteiger partial charge is 0.260 e. The quantitative estimate of drug-likeness (QED) is 0.654. The van der Waals surface area contributed by atoms with E-state index in [1.807, 2.05) is 0 Å². The molecule has 1 aromatic carbocycles. The second-order valence-electron chi connectivity index (χ2n) is 6.17. The number of aromatic hydroxyl groups is 1. The van der Waals surface area contributed by atoms with Crippen LogP contribution in [0.2, 0.25) is 5.02 Å². The Hall–Kier alpha value is -2.05. The SMILES string of the molecule is COc1cc(-c2nc3sc4c(c3c(=O)[nH]2)CCCCC4)cc(Cl)c1O. The summed E-state index contributed by atoms with van der Waals surface area (Å²) < 4.78 is 5.13. The van der Waals surface area contributed by atoms with E-state index in [-0.39, 0.29) is 22.1 Å². The number of hydrogen-bond donors (Lipinski definition) is 2. The summed E-state index contributed by atoms with van der Waals surface area (Å²) in [6.07, 6.45) is 5.44. The lowest BCUT2D eigenvalue weighted by Gasteiger charge is -2.08. The van der Waals surface area contributed by atoms with Gasteiger partial charge in [-0.1, -0.05) is 18.0 Å². The molecule has 0 fully saturated rings. The Morgan fingerprint density at radius 3 is 2.88 bits per heavy atom. The molecule has 25 heavy (non-hydrogen) atoms. The zero-order chi connectivity index (χ0) is 17.6. The van der Waals surface area contributed by atoms with Gasteiger partial charge in [0.25, 0.3) is 5.56 Å². The number of aryl methyl sites for hydroxylation is 2. The number of hydrogen-bond acceptors (Lipinski definition) is 5. The van der Waals surface area contributed by atoms with E-state index in [0.717, 1.165) is 35.9 Å². The summed E-state index contributed by atoms with van der Waals surface area (Å²) in [7, 11) is 1.45. The maximum Gasteiger partial charge on any atom is 0.260 e. The number of fused-ring (bicyclic) bond motifs is 3. The van der Waals surface area contributed by atoms with E-state index >= 15 is 0 Å². The molecule has 3 aromatic rings. The summed E-state index contributed by atoms with van der Waals surface area (Å²) >= 11 is 7.67. The van der Waals surface area contributed by atoms with Crippen LogP contribution in [0, 0.1) is 0 Å². The molecular formula is C18H17ClN2O3S. The first-order valence-corrected chi connectivity index (χ1v) is 9.39. The number of benzene rings is 1. The first-order chi connectivity index (χ1) is 12.1. The monoisotopic (exact) mass is 376 g/mol. The lowest BCUT2D eigenvalue weighted by atomic mass is 10.1. The van der Waals surface area contributed by atoms with Crippen LogP contribution < -0.4 is 10.3 Å². The van der Waals surface area contributed by atoms with Gasteiger partial charge in [0.05, 0.1) is 17.5 Å². The summed E-state index contributed by atoms with van der Waals surface area (Å²) in [5, 5.41) is 10.8. The van der Waals surface area contributed by atoms with Crippen molar-refractivity contribution in [2.24, 2.45) is 0 Å². The van der Waals surface area contributed by atoms with Crippen molar-refractivity contribution in [3.8, 4) is 22.9 Å². The number of aromatic nitrogens is 2. The first kappa shape index (κ1) is 16.4. The predicted molar refractivity (Wildman–Crippen MR) is 100 cm³/mol. The van der Waals surface area contributed by atoms with Gasteiger partial charge in [0.15, 0.2) is 11.5 Å². The van der Waals surface area contributed by atoms with Gasteiger partial charge in [0, 0.05) is 10.4 Å². The normalized spacial score (nSPS) is 14.3. The van der Waals surface area contributed by atoms with Gasteiger partial charge in [-0.25, -0.2) is 4.98 Å². The van der Waals surface area contributed by atoms with E-state index < -0.39 is 0 Å². The fraction of sp³-hybridized carbons (Fsp3) is 0.333. The molecule has 0 atom stereocenters. The molecule has 1 aliphatic rings.